The maximum atomic E-state index is 12.1. The van der Waals surface area contributed by atoms with E-state index in [9.17, 15) is 9.59 Å². The molecule has 0 bridgehead atoms. The van der Waals surface area contributed by atoms with Crippen molar-refractivity contribution in [3.8, 4) is 11.9 Å². The van der Waals surface area contributed by atoms with Gasteiger partial charge in [0.1, 0.15) is 24.0 Å². The van der Waals surface area contributed by atoms with Crippen LogP contribution in [0, 0.1) is 11.3 Å². The first kappa shape index (κ1) is 13.8. The Morgan fingerprint density at radius 2 is 2.23 bits per heavy atom. The van der Waals surface area contributed by atoms with E-state index in [0.29, 0.717) is 24.2 Å². The van der Waals surface area contributed by atoms with Gasteiger partial charge in [-0.2, -0.15) is 5.26 Å². The molecule has 110 valence electrons. The number of nitriles is 1. The molecule has 0 N–H and O–H groups in total. The van der Waals surface area contributed by atoms with Crippen LogP contribution in [-0.2, 0) is 0 Å². The van der Waals surface area contributed by atoms with E-state index in [0.717, 1.165) is 6.26 Å². The second-order valence-corrected chi connectivity index (χ2v) is 4.76. The van der Waals surface area contributed by atoms with Crippen molar-refractivity contribution < 1.29 is 13.9 Å². The monoisotopic (exact) mass is 297 g/mol. The van der Waals surface area contributed by atoms with Gasteiger partial charge in [-0.05, 0) is 18.2 Å². The topological polar surface area (TPSA) is 96.4 Å². The molecular formula is C15H11N3O4. The molecule has 0 atom stereocenters. The first-order chi connectivity index (χ1) is 10.7. The number of nitrogens with zero attached hydrogens (tertiary/aromatic N) is 3. The summed E-state index contributed by atoms with van der Waals surface area (Å²) in [7, 11) is 0. The van der Waals surface area contributed by atoms with Crippen LogP contribution in [0.15, 0.2) is 45.9 Å². The summed E-state index contributed by atoms with van der Waals surface area (Å²) >= 11 is 0. The molecular weight excluding hydrogens is 286 g/mol. The van der Waals surface area contributed by atoms with Crippen molar-refractivity contribution in [2.45, 2.75) is 6.10 Å². The lowest BCUT2D eigenvalue weighted by molar-refractivity contribution is 0.0157. The van der Waals surface area contributed by atoms with Gasteiger partial charge in [0.25, 0.3) is 5.91 Å². The summed E-state index contributed by atoms with van der Waals surface area (Å²) in [5.74, 6) is 0.0398. The number of carbonyl (C=O) groups is 1. The molecule has 3 rings (SSSR count). The highest BCUT2D eigenvalue weighted by Crippen LogP contribution is 2.20. The Kier molecular flexibility index (Phi) is 3.58. The molecule has 3 heterocycles. The van der Waals surface area contributed by atoms with Gasteiger partial charge >= 0.3 is 5.63 Å². The van der Waals surface area contributed by atoms with E-state index in [2.05, 4.69) is 9.40 Å². The lowest BCUT2D eigenvalue weighted by Gasteiger charge is -2.38. The maximum absolute atomic E-state index is 12.1. The van der Waals surface area contributed by atoms with E-state index in [1.54, 1.807) is 23.2 Å². The average molecular weight is 297 g/mol. The molecule has 22 heavy (non-hydrogen) atoms. The molecule has 1 aliphatic heterocycles. The van der Waals surface area contributed by atoms with E-state index < -0.39 is 5.63 Å². The molecule has 0 unspecified atom stereocenters. The lowest BCUT2D eigenvalue weighted by atomic mass is 10.1. The largest absolute Gasteiger partial charge is 0.470 e. The normalized spacial score (nSPS) is 14.0. The quantitative estimate of drug-likeness (QED) is 0.831. The third kappa shape index (κ3) is 2.67. The zero-order valence-electron chi connectivity index (χ0n) is 11.4. The van der Waals surface area contributed by atoms with E-state index in [1.165, 1.54) is 12.1 Å². The molecule has 7 heteroatoms. The first-order valence-corrected chi connectivity index (χ1v) is 6.57. The Balaban J connectivity index is 1.60. The Morgan fingerprint density at radius 3 is 2.91 bits per heavy atom. The molecule has 2 aromatic heterocycles. The fourth-order valence-corrected chi connectivity index (χ4v) is 2.07. The molecule has 1 amide bonds. The van der Waals surface area contributed by atoms with Crippen LogP contribution in [0.3, 0.4) is 0 Å². The highest BCUT2D eigenvalue weighted by Gasteiger charge is 2.33. The van der Waals surface area contributed by atoms with Gasteiger partial charge in [-0.3, -0.25) is 4.79 Å². The molecule has 0 radical (unpaired) electrons. The van der Waals surface area contributed by atoms with Crippen molar-refractivity contribution in [2.75, 3.05) is 13.1 Å². The smallest absolute Gasteiger partial charge is 0.335 e. The van der Waals surface area contributed by atoms with Crippen LogP contribution in [0.5, 0.6) is 5.88 Å². The summed E-state index contributed by atoms with van der Waals surface area (Å²) < 4.78 is 10.3. The van der Waals surface area contributed by atoms with Gasteiger partial charge in [0, 0.05) is 12.3 Å². The van der Waals surface area contributed by atoms with E-state index >= 15 is 0 Å². The number of hydrogen-bond donors (Lipinski definition) is 0. The molecule has 2 aromatic rings. The van der Waals surface area contributed by atoms with Crippen LogP contribution in [0.4, 0.5) is 0 Å². The molecule has 0 spiro atoms. The Labute approximate surface area is 125 Å². The standard InChI is InChI=1S/C15H11N3O4/c16-6-10-2-1-5-17-14(10)22-12-7-18(8-12)15(20)11-3-4-13(19)21-9-11/h1-5,9,12H,7-8H2. The fraction of sp³-hybridized carbons (Fsp3) is 0.200. The van der Waals surface area contributed by atoms with Crippen molar-refractivity contribution in [1.29, 1.82) is 5.26 Å². The predicted octanol–water partition coefficient (Wildman–Crippen LogP) is 0.810. The van der Waals surface area contributed by atoms with Crippen LogP contribution < -0.4 is 10.4 Å². The second-order valence-electron chi connectivity index (χ2n) is 4.76. The average Bonchev–Trinajstić information content (AvgIpc) is 2.51. The number of rotatable bonds is 3. The van der Waals surface area contributed by atoms with E-state index in [1.807, 2.05) is 6.07 Å². The number of pyridine rings is 1. The van der Waals surface area contributed by atoms with Crippen LogP contribution in [-0.4, -0.2) is 35.0 Å². The van der Waals surface area contributed by atoms with Gasteiger partial charge in [0.15, 0.2) is 0 Å². The number of amides is 1. The SMILES string of the molecule is N#Cc1cccnc1OC1CN(C(=O)c2ccc(=O)oc2)C1. The fourth-order valence-electron chi connectivity index (χ4n) is 2.07. The molecule has 0 aromatic carbocycles. The number of aromatic nitrogens is 1. The van der Waals surface area contributed by atoms with Crippen LogP contribution in [0.1, 0.15) is 15.9 Å². The number of likely N-dealkylation sites (tertiary alicyclic amines) is 1. The minimum Gasteiger partial charge on any atom is -0.470 e. The Morgan fingerprint density at radius 1 is 1.41 bits per heavy atom. The van der Waals surface area contributed by atoms with Crippen LogP contribution in [0.25, 0.3) is 0 Å². The Hall–Kier alpha value is -3.14. The van der Waals surface area contributed by atoms with Crippen molar-refractivity contribution >= 4 is 5.91 Å². The summed E-state index contributed by atoms with van der Waals surface area (Å²) in [5.41, 5.74) is 0.172. The summed E-state index contributed by atoms with van der Waals surface area (Å²) in [4.78, 5) is 28.5. The van der Waals surface area contributed by atoms with Crippen molar-refractivity contribution in [3.05, 3.63) is 58.3 Å². The maximum Gasteiger partial charge on any atom is 0.335 e. The molecule has 1 fully saturated rings. The highest BCUT2D eigenvalue weighted by molar-refractivity contribution is 5.94. The van der Waals surface area contributed by atoms with Crippen molar-refractivity contribution in [3.63, 3.8) is 0 Å². The zero-order chi connectivity index (χ0) is 15.5. The summed E-state index contributed by atoms with van der Waals surface area (Å²) in [6, 6.07) is 7.91. The highest BCUT2D eigenvalue weighted by atomic mass is 16.5. The third-order valence-corrected chi connectivity index (χ3v) is 3.25. The number of carbonyl (C=O) groups excluding carboxylic acids is 1. The molecule has 1 saturated heterocycles. The second kappa shape index (κ2) is 5.69. The van der Waals surface area contributed by atoms with E-state index in [4.69, 9.17) is 10.00 Å². The minimum absolute atomic E-state index is 0.207. The van der Waals surface area contributed by atoms with Gasteiger partial charge in [0.2, 0.25) is 5.88 Å². The third-order valence-electron chi connectivity index (χ3n) is 3.25. The lowest BCUT2D eigenvalue weighted by Crippen LogP contribution is -2.56. The molecule has 0 aliphatic carbocycles. The van der Waals surface area contributed by atoms with Gasteiger partial charge in [0.05, 0.1) is 18.7 Å². The van der Waals surface area contributed by atoms with Crippen LogP contribution in [0.2, 0.25) is 0 Å². The van der Waals surface area contributed by atoms with Gasteiger partial charge in [-0.1, -0.05) is 0 Å². The summed E-state index contributed by atoms with van der Waals surface area (Å²) in [6.45, 7) is 0.777. The van der Waals surface area contributed by atoms with Gasteiger partial charge in [-0.25, -0.2) is 9.78 Å². The first-order valence-electron chi connectivity index (χ1n) is 6.57. The van der Waals surface area contributed by atoms with Crippen LogP contribution >= 0.6 is 0 Å². The minimum atomic E-state index is -0.499. The predicted molar refractivity (Wildman–Crippen MR) is 74.2 cm³/mol. The number of hydrogen-bond acceptors (Lipinski definition) is 6. The van der Waals surface area contributed by atoms with Gasteiger partial charge in [-0.15, -0.1) is 0 Å². The zero-order valence-corrected chi connectivity index (χ0v) is 11.4. The molecule has 1 aliphatic rings. The van der Waals surface area contributed by atoms with Crippen molar-refractivity contribution in [1.82, 2.24) is 9.88 Å². The Bertz CT molecular complexity index is 782. The summed E-state index contributed by atoms with van der Waals surface area (Å²) in [6.07, 6.45) is 2.48. The van der Waals surface area contributed by atoms with Crippen molar-refractivity contribution in [2.24, 2.45) is 0 Å². The molecule has 7 nitrogen and oxygen atoms in total. The summed E-state index contributed by atoms with van der Waals surface area (Å²) in [5, 5.41) is 8.96. The number of ether oxygens (including phenoxy) is 1. The van der Waals surface area contributed by atoms with E-state index in [-0.39, 0.29) is 17.9 Å². The molecule has 0 saturated carbocycles. The van der Waals surface area contributed by atoms with Gasteiger partial charge < -0.3 is 14.1 Å².